The molecule has 3 heteroatoms. The van der Waals surface area contributed by atoms with Gasteiger partial charge in [-0.1, -0.05) is 48.6 Å². The Hall–Kier alpha value is -0.290. The van der Waals surface area contributed by atoms with Crippen LogP contribution in [-0.2, 0) is 4.74 Å². The van der Waals surface area contributed by atoms with E-state index in [1.807, 2.05) is 12.1 Å². The van der Waals surface area contributed by atoms with Crippen molar-refractivity contribution in [2.45, 2.75) is 51.7 Å². The van der Waals surface area contributed by atoms with Gasteiger partial charge in [0.1, 0.15) is 5.75 Å². The summed E-state index contributed by atoms with van der Waals surface area (Å²) in [7, 11) is 1.71. The van der Waals surface area contributed by atoms with Gasteiger partial charge >= 0.3 is 0 Å². The molecule has 1 unspecified atom stereocenters. The number of ether oxygens (including phenoxy) is 2. The van der Waals surface area contributed by atoms with E-state index in [1.165, 1.54) is 31.2 Å². The van der Waals surface area contributed by atoms with E-state index in [0.717, 1.165) is 10.2 Å². The highest BCUT2D eigenvalue weighted by Crippen LogP contribution is 2.38. The minimum absolute atomic E-state index is 0.178. The molecule has 1 aliphatic rings. The molecule has 0 spiro atoms. The third-order valence-electron chi connectivity index (χ3n) is 4.25. The smallest absolute Gasteiger partial charge is 0.119 e. The van der Waals surface area contributed by atoms with Crippen molar-refractivity contribution in [3.05, 3.63) is 29.8 Å². The van der Waals surface area contributed by atoms with Crippen LogP contribution in [0.2, 0.25) is 0 Å². The molecule has 1 saturated carbocycles. The highest BCUT2D eigenvalue weighted by molar-refractivity contribution is 14.1. The van der Waals surface area contributed by atoms with Crippen LogP contribution < -0.4 is 4.74 Å². The quantitative estimate of drug-likeness (QED) is 0.513. The minimum atomic E-state index is 0.178. The monoisotopic (exact) mass is 388 g/mol. The van der Waals surface area contributed by atoms with Gasteiger partial charge in [0.25, 0.3) is 0 Å². The summed E-state index contributed by atoms with van der Waals surface area (Å²) in [6, 6.07) is 8.26. The van der Waals surface area contributed by atoms with Crippen molar-refractivity contribution in [1.82, 2.24) is 0 Å². The third kappa shape index (κ3) is 4.35. The van der Waals surface area contributed by atoms with Crippen molar-refractivity contribution in [2.24, 2.45) is 5.41 Å². The number of hydrogen-bond acceptors (Lipinski definition) is 2. The minimum Gasteiger partial charge on any atom is -0.497 e. The lowest BCUT2D eigenvalue weighted by molar-refractivity contribution is -0.0357. The molecule has 1 aliphatic carbocycles. The number of rotatable bonds is 5. The van der Waals surface area contributed by atoms with Gasteiger partial charge in [-0.25, -0.2) is 0 Å². The second-order valence-electron chi connectivity index (χ2n) is 6.42. The van der Waals surface area contributed by atoms with Crippen molar-refractivity contribution >= 4 is 22.6 Å². The van der Waals surface area contributed by atoms with Crippen LogP contribution >= 0.6 is 22.6 Å². The van der Waals surface area contributed by atoms with E-state index >= 15 is 0 Å². The molecule has 0 heterocycles. The van der Waals surface area contributed by atoms with Gasteiger partial charge in [-0.15, -0.1) is 0 Å². The van der Waals surface area contributed by atoms with Gasteiger partial charge in [0.2, 0.25) is 0 Å². The fourth-order valence-electron chi connectivity index (χ4n) is 2.79. The Labute approximate surface area is 136 Å². The zero-order valence-electron chi connectivity index (χ0n) is 12.7. The molecule has 1 aromatic rings. The fourth-order valence-corrected chi connectivity index (χ4v) is 3.50. The average molecular weight is 388 g/mol. The van der Waals surface area contributed by atoms with E-state index in [0.29, 0.717) is 11.5 Å². The molecule has 0 N–H and O–H groups in total. The molecule has 1 atom stereocenters. The summed E-state index contributed by atoms with van der Waals surface area (Å²) in [6.45, 7) is 4.72. The van der Waals surface area contributed by atoms with Crippen molar-refractivity contribution in [2.75, 3.05) is 11.5 Å². The summed E-state index contributed by atoms with van der Waals surface area (Å²) >= 11 is 2.41. The second kappa shape index (κ2) is 7.12. The van der Waals surface area contributed by atoms with E-state index in [2.05, 4.69) is 48.6 Å². The number of benzene rings is 1. The molecule has 1 aromatic carbocycles. The van der Waals surface area contributed by atoms with Gasteiger partial charge < -0.3 is 9.47 Å². The lowest BCUT2D eigenvalue weighted by atomic mass is 9.76. The van der Waals surface area contributed by atoms with E-state index in [1.54, 1.807) is 7.11 Å². The number of halogens is 1. The van der Waals surface area contributed by atoms with Crippen LogP contribution in [0.1, 0.15) is 51.2 Å². The molecular weight excluding hydrogens is 363 g/mol. The maximum absolute atomic E-state index is 6.36. The molecular formula is C17H25IO2. The maximum Gasteiger partial charge on any atom is 0.119 e. The first-order valence-corrected chi connectivity index (χ1v) is 8.92. The zero-order chi connectivity index (χ0) is 14.6. The Balaban J connectivity index is 1.98. The number of hydrogen-bond donors (Lipinski definition) is 0. The molecule has 0 aromatic heterocycles. The first-order valence-electron chi connectivity index (χ1n) is 7.39. The van der Waals surface area contributed by atoms with Crippen molar-refractivity contribution in [3.8, 4) is 5.75 Å². The molecule has 0 saturated heterocycles. The largest absolute Gasteiger partial charge is 0.497 e. The summed E-state index contributed by atoms with van der Waals surface area (Å²) in [5.41, 5.74) is 1.72. The molecule has 0 aliphatic heterocycles. The zero-order valence-corrected chi connectivity index (χ0v) is 14.9. The first-order chi connectivity index (χ1) is 9.54. The predicted octanol–water partition coefficient (Wildman–Crippen LogP) is 5.16. The standard InChI is InChI=1S/C17H25IO2/c1-17(2)9-7-14(8-10-17)20-16(12-18)13-5-4-6-15(11-13)19-3/h4-6,11,14,16H,7-10,12H2,1-3H3. The summed E-state index contributed by atoms with van der Waals surface area (Å²) in [4.78, 5) is 0. The Morgan fingerprint density at radius 3 is 2.60 bits per heavy atom. The summed E-state index contributed by atoms with van der Waals surface area (Å²) < 4.78 is 12.6. The number of methoxy groups -OCH3 is 1. The van der Waals surface area contributed by atoms with Crippen LogP contribution in [0, 0.1) is 5.41 Å². The van der Waals surface area contributed by atoms with Crippen LogP contribution in [0.5, 0.6) is 5.75 Å². The topological polar surface area (TPSA) is 18.5 Å². The van der Waals surface area contributed by atoms with Gasteiger partial charge in [0.15, 0.2) is 0 Å². The maximum atomic E-state index is 6.36. The average Bonchev–Trinajstić information content (AvgIpc) is 2.46. The number of alkyl halides is 1. The lowest BCUT2D eigenvalue weighted by Gasteiger charge is -2.35. The van der Waals surface area contributed by atoms with E-state index < -0.39 is 0 Å². The van der Waals surface area contributed by atoms with Gasteiger partial charge in [-0.2, -0.15) is 0 Å². The first kappa shape index (κ1) is 16.1. The summed E-state index contributed by atoms with van der Waals surface area (Å²) in [5.74, 6) is 0.908. The Kier molecular flexibility index (Phi) is 5.73. The van der Waals surface area contributed by atoms with Gasteiger partial charge in [0.05, 0.1) is 19.3 Å². The molecule has 0 amide bonds. The van der Waals surface area contributed by atoms with Gasteiger partial charge in [0, 0.05) is 4.43 Å². The molecule has 1 fully saturated rings. The van der Waals surface area contributed by atoms with Crippen molar-refractivity contribution < 1.29 is 9.47 Å². The van der Waals surface area contributed by atoms with Gasteiger partial charge in [-0.3, -0.25) is 0 Å². The van der Waals surface area contributed by atoms with Crippen LogP contribution in [-0.4, -0.2) is 17.6 Å². The van der Waals surface area contributed by atoms with Crippen LogP contribution in [0.25, 0.3) is 0 Å². The molecule has 0 radical (unpaired) electrons. The van der Waals surface area contributed by atoms with Crippen LogP contribution in [0.15, 0.2) is 24.3 Å². The fraction of sp³-hybridized carbons (Fsp3) is 0.647. The molecule has 112 valence electrons. The molecule has 2 rings (SSSR count). The Bertz CT molecular complexity index is 421. The van der Waals surface area contributed by atoms with Crippen molar-refractivity contribution in [1.29, 1.82) is 0 Å². The SMILES string of the molecule is COc1cccc(C(CI)OC2CCC(C)(C)CC2)c1. The third-order valence-corrected chi connectivity index (χ3v) is 5.05. The van der Waals surface area contributed by atoms with E-state index in [4.69, 9.17) is 9.47 Å². The van der Waals surface area contributed by atoms with Crippen LogP contribution in [0.4, 0.5) is 0 Å². The normalized spacial score (nSPS) is 20.6. The Morgan fingerprint density at radius 2 is 2.00 bits per heavy atom. The summed E-state index contributed by atoms with van der Waals surface area (Å²) in [6.07, 6.45) is 5.49. The molecule has 0 bridgehead atoms. The molecule has 2 nitrogen and oxygen atoms in total. The van der Waals surface area contributed by atoms with Crippen molar-refractivity contribution in [3.63, 3.8) is 0 Å². The second-order valence-corrected chi connectivity index (χ2v) is 7.30. The van der Waals surface area contributed by atoms with Gasteiger partial charge in [-0.05, 0) is 48.8 Å². The summed E-state index contributed by atoms with van der Waals surface area (Å²) in [5, 5.41) is 0. The lowest BCUT2D eigenvalue weighted by Crippen LogP contribution is -2.28. The molecule has 20 heavy (non-hydrogen) atoms. The highest BCUT2D eigenvalue weighted by atomic mass is 127. The van der Waals surface area contributed by atoms with Crippen LogP contribution in [0.3, 0.4) is 0 Å². The van der Waals surface area contributed by atoms with E-state index in [9.17, 15) is 0 Å². The Morgan fingerprint density at radius 1 is 1.30 bits per heavy atom. The van der Waals surface area contributed by atoms with E-state index in [-0.39, 0.29) is 6.10 Å². The highest BCUT2D eigenvalue weighted by Gasteiger charge is 2.29. The predicted molar refractivity (Wildman–Crippen MR) is 91.7 cm³/mol.